The van der Waals surface area contributed by atoms with E-state index >= 15 is 0 Å². The molecule has 1 aromatic rings. The third kappa shape index (κ3) is 5.38. The van der Waals surface area contributed by atoms with Gasteiger partial charge in [-0.1, -0.05) is 93.4 Å². The molecule has 0 radical (unpaired) electrons. The number of allylic oxidation sites excluding steroid dienone is 4. The normalized spacial score (nSPS) is 34.7. The minimum atomic E-state index is -1.18. The van der Waals surface area contributed by atoms with Gasteiger partial charge in [0.15, 0.2) is 0 Å². The highest BCUT2D eigenvalue weighted by Crippen LogP contribution is 2.81. The molecule has 4 fully saturated rings. The highest BCUT2D eigenvalue weighted by atomic mass is 16.6. The minimum Gasteiger partial charge on any atom is -0.465 e. The summed E-state index contributed by atoms with van der Waals surface area (Å²) in [7, 11) is 0. The van der Waals surface area contributed by atoms with Crippen LogP contribution in [0.5, 0.6) is 0 Å². The van der Waals surface area contributed by atoms with Crippen LogP contribution in [0.25, 0.3) is 0 Å². The Balaban J connectivity index is 1.64. The molecule has 0 bridgehead atoms. The molecule has 4 saturated carbocycles. The molecule has 5 aliphatic rings. The van der Waals surface area contributed by atoms with E-state index in [1.165, 1.54) is 6.07 Å². The van der Waals surface area contributed by atoms with Crippen LogP contribution in [0.1, 0.15) is 126 Å². The smallest absolute Gasteiger partial charge is 0.314 e. The van der Waals surface area contributed by atoms with Gasteiger partial charge >= 0.3 is 11.9 Å². The lowest BCUT2D eigenvalue weighted by Crippen LogP contribution is -2.48. The first kappa shape index (κ1) is 39.9. The van der Waals surface area contributed by atoms with Crippen LogP contribution in [0.15, 0.2) is 46.8 Å². The Morgan fingerprint density at radius 2 is 1.28 bits per heavy atom. The molecule has 0 amide bonds. The lowest BCUT2D eigenvalue weighted by Gasteiger charge is -2.48. The van der Waals surface area contributed by atoms with Gasteiger partial charge in [0.1, 0.15) is 11.6 Å². The summed E-state index contributed by atoms with van der Waals surface area (Å²) in [5, 5.41) is 16.7. The fourth-order valence-corrected chi connectivity index (χ4v) is 12.3. The molecule has 0 spiro atoms. The molecular formula is C44H60N2O8. The van der Waals surface area contributed by atoms with Gasteiger partial charge in [-0.05, 0) is 60.0 Å². The third-order valence-corrected chi connectivity index (χ3v) is 14.5. The van der Waals surface area contributed by atoms with E-state index in [1.807, 2.05) is 69.2 Å². The van der Waals surface area contributed by atoms with Crippen LogP contribution in [0.3, 0.4) is 0 Å². The summed E-state index contributed by atoms with van der Waals surface area (Å²) < 4.78 is 12.1. The number of rotatable bonds is 13. The first-order valence-electron chi connectivity index (χ1n) is 20.3. The van der Waals surface area contributed by atoms with E-state index < -0.39 is 51.2 Å². The number of benzene rings is 1. The van der Waals surface area contributed by atoms with Crippen LogP contribution in [-0.2, 0) is 28.7 Å². The SMILES string of the molecule is CCCCOC(=O)C12C(C3=C(C)NC(CC)=C(C4C(C)CC(=O)C5C(C)(C)C45C(=O)OCCCC)C3c3ccccc3[N+](=O)[O-])C(C)CC(=O)C1C2(C)C. The fourth-order valence-electron chi connectivity index (χ4n) is 12.3. The van der Waals surface area contributed by atoms with Crippen molar-refractivity contribution < 1.29 is 33.6 Å². The Bertz CT molecular complexity index is 1820. The second-order valence-electron chi connectivity index (χ2n) is 18.0. The number of dihydropyridines is 1. The van der Waals surface area contributed by atoms with Gasteiger partial charge in [0.05, 0.1) is 29.0 Å². The summed E-state index contributed by atoms with van der Waals surface area (Å²) >= 11 is 0. The third-order valence-electron chi connectivity index (χ3n) is 14.5. The lowest BCUT2D eigenvalue weighted by atomic mass is 9.56. The quantitative estimate of drug-likeness (QED) is 0.0909. The van der Waals surface area contributed by atoms with Gasteiger partial charge in [-0.15, -0.1) is 0 Å². The number of Topliss-reactive ketones (excluding diaryl/α,β-unsaturated/α-hetero) is 2. The number of nitrogens with one attached hydrogen (secondary N) is 1. The summed E-state index contributed by atoms with van der Waals surface area (Å²) in [5.74, 6) is -4.13. The Morgan fingerprint density at radius 1 is 0.815 bits per heavy atom. The summed E-state index contributed by atoms with van der Waals surface area (Å²) in [6.07, 6.45) is 4.15. The molecule has 4 aliphatic carbocycles. The minimum absolute atomic E-state index is 0.0428. The number of para-hydroxylation sites is 1. The maximum absolute atomic E-state index is 14.7. The van der Waals surface area contributed by atoms with Crippen molar-refractivity contribution in [2.24, 2.45) is 57.2 Å². The molecule has 6 rings (SSSR count). The van der Waals surface area contributed by atoms with E-state index in [-0.39, 0.29) is 72.0 Å². The second kappa shape index (κ2) is 14.0. The summed E-state index contributed by atoms with van der Waals surface area (Å²) in [5.41, 5.74) is -0.0736. The van der Waals surface area contributed by atoms with Crippen molar-refractivity contribution in [2.45, 2.75) is 120 Å². The van der Waals surface area contributed by atoms with Crippen LogP contribution in [0.4, 0.5) is 5.69 Å². The molecule has 10 heteroatoms. The summed E-state index contributed by atoms with van der Waals surface area (Å²) in [6.45, 7) is 20.5. The van der Waals surface area contributed by atoms with Gasteiger partial charge in [-0.3, -0.25) is 29.3 Å². The number of unbranched alkanes of at least 4 members (excludes halogenated alkanes) is 2. The van der Waals surface area contributed by atoms with Crippen molar-refractivity contribution in [2.75, 3.05) is 13.2 Å². The number of ether oxygens (including phenoxy) is 2. The average molecular weight is 745 g/mol. The molecule has 9 atom stereocenters. The first-order valence-corrected chi connectivity index (χ1v) is 20.3. The van der Waals surface area contributed by atoms with E-state index in [0.29, 0.717) is 24.8 Å². The predicted octanol–water partition coefficient (Wildman–Crippen LogP) is 8.64. The zero-order valence-electron chi connectivity index (χ0n) is 33.9. The number of carbonyl (C=O) groups excluding carboxylic acids is 4. The van der Waals surface area contributed by atoms with Crippen molar-refractivity contribution in [1.29, 1.82) is 0 Å². The van der Waals surface area contributed by atoms with Crippen molar-refractivity contribution >= 4 is 29.2 Å². The summed E-state index contributed by atoms with van der Waals surface area (Å²) in [4.78, 5) is 69.9. The van der Waals surface area contributed by atoms with Crippen molar-refractivity contribution in [3.05, 3.63) is 62.5 Å². The monoisotopic (exact) mass is 744 g/mol. The van der Waals surface area contributed by atoms with Gasteiger partial charge in [0.2, 0.25) is 0 Å². The number of ketones is 2. The standard InChI is InChI=1S/C44H60N2O8/c1-11-14-20-53-39(49)43-35(24(4)22-30(47)37(43)41(43,7)8)32-26(6)45-28(13-3)34(33(32)27-18-16-17-19-29(27)46(51)52)36-25(5)23-31(48)38-42(9,10)44(36,38)40(50)54-21-15-12-2/h16-19,24-25,33,35-38,45H,11-15,20-23H2,1-10H3. The van der Waals surface area contributed by atoms with E-state index in [1.54, 1.807) is 18.2 Å². The molecule has 0 aromatic heterocycles. The van der Waals surface area contributed by atoms with Gasteiger partial charge in [0.25, 0.3) is 5.69 Å². The van der Waals surface area contributed by atoms with Gasteiger partial charge < -0.3 is 14.8 Å². The zero-order valence-corrected chi connectivity index (χ0v) is 33.9. The number of nitro benzene ring substituents is 1. The molecule has 1 aromatic carbocycles. The second-order valence-corrected chi connectivity index (χ2v) is 18.0. The molecule has 294 valence electrons. The topological polar surface area (TPSA) is 142 Å². The molecule has 1 aliphatic heterocycles. The molecule has 1 heterocycles. The van der Waals surface area contributed by atoms with E-state index in [2.05, 4.69) is 5.32 Å². The van der Waals surface area contributed by atoms with Crippen molar-refractivity contribution in [3.8, 4) is 0 Å². The number of esters is 2. The molecular weight excluding hydrogens is 684 g/mol. The van der Waals surface area contributed by atoms with Gasteiger partial charge in [-0.25, -0.2) is 0 Å². The molecule has 9 unspecified atom stereocenters. The molecule has 1 N–H and O–H groups in total. The number of carbonyl (C=O) groups is 4. The lowest BCUT2D eigenvalue weighted by molar-refractivity contribution is -0.385. The van der Waals surface area contributed by atoms with Crippen LogP contribution in [-0.4, -0.2) is 41.6 Å². The zero-order chi connectivity index (χ0) is 39.7. The number of hydrogen-bond donors (Lipinski definition) is 1. The summed E-state index contributed by atoms with van der Waals surface area (Å²) in [6, 6.07) is 6.79. The average Bonchev–Trinajstić information content (AvgIpc) is 3.86. The maximum Gasteiger partial charge on any atom is 0.314 e. The maximum atomic E-state index is 14.7. The van der Waals surface area contributed by atoms with E-state index in [9.17, 15) is 29.3 Å². The number of fused-ring (bicyclic) bond motifs is 2. The van der Waals surface area contributed by atoms with E-state index in [4.69, 9.17) is 9.47 Å². The number of hydrogen-bond acceptors (Lipinski definition) is 9. The van der Waals surface area contributed by atoms with Crippen LogP contribution in [0.2, 0.25) is 0 Å². The van der Waals surface area contributed by atoms with Gasteiger partial charge in [0, 0.05) is 65.5 Å². The van der Waals surface area contributed by atoms with Crippen molar-refractivity contribution in [1.82, 2.24) is 5.32 Å². The predicted molar refractivity (Wildman–Crippen MR) is 205 cm³/mol. The van der Waals surface area contributed by atoms with E-state index in [0.717, 1.165) is 35.4 Å². The number of nitro groups is 1. The van der Waals surface area contributed by atoms with Crippen LogP contribution >= 0.6 is 0 Å². The fraction of sp³-hybridized carbons (Fsp3) is 0.682. The first-order chi connectivity index (χ1) is 25.5. The molecule has 10 nitrogen and oxygen atoms in total. The Morgan fingerprint density at radius 3 is 1.72 bits per heavy atom. The largest absolute Gasteiger partial charge is 0.465 e. The Hall–Kier alpha value is -3.82. The Kier molecular flexibility index (Phi) is 10.4. The van der Waals surface area contributed by atoms with Crippen LogP contribution < -0.4 is 5.32 Å². The Labute approximate surface area is 320 Å². The molecule has 54 heavy (non-hydrogen) atoms. The highest BCUT2D eigenvalue weighted by molar-refractivity contribution is 6.00. The van der Waals surface area contributed by atoms with Crippen LogP contribution in [0, 0.1) is 67.3 Å². The van der Waals surface area contributed by atoms with Crippen molar-refractivity contribution in [3.63, 3.8) is 0 Å². The molecule has 0 saturated heterocycles. The van der Waals surface area contributed by atoms with Gasteiger partial charge in [-0.2, -0.15) is 0 Å². The highest BCUT2D eigenvalue weighted by Gasteiger charge is 2.86. The number of nitrogens with zero attached hydrogens (tertiary/aromatic N) is 1.